The van der Waals surface area contributed by atoms with Gasteiger partial charge in [0.05, 0.1) is 6.54 Å². The van der Waals surface area contributed by atoms with Gasteiger partial charge in [0, 0.05) is 6.04 Å². The van der Waals surface area contributed by atoms with Crippen LogP contribution >= 0.6 is 0 Å². The summed E-state index contributed by atoms with van der Waals surface area (Å²) < 4.78 is 0. The Bertz CT molecular complexity index is 179. The van der Waals surface area contributed by atoms with Gasteiger partial charge in [0.15, 0.2) is 0 Å². The zero-order valence-corrected chi connectivity index (χ0v) is 6.39. The molecule has 0 unspecified atom stereocenters. The van der Waals surface area contributed by atoms with Crippen LogP contribution in [0.15, 0.2) is 0 Å². The Morgan fingerprint density at radius 2 is 2.36 bits per heavy atom. The quantitative estimate of drug-likeness (QED) is 0.555. The monoisotopic (exact) mass is 152 g/mol. The molecule has 3 nitrogen and oxygen atoms in total. The fourth-order valence-corrected chi connectivity index (χ4v) is 0.920. The lowest BCUT2D eigenvalue weighted by Gasteiger charge is -2.26. The molecule has 1 aliphatic rings. The van der Waals surface area contributed by atoms with E-state index in [1.807, 2.05) is 0 Å². The lowest BCUT2D eigenvalue weighted by atomic mass is 9.93. The van der Waals surface area contributed by atoms with Gasteiger partial charge in [0.1, 0.15) is 0 Å². The second kappa shape index (κ2) is 3.87. The van der Waals surface area contributed by atoms with Crippen molar-refractivity contribution in [2.45, 2.75) is 25.3 Å². The summed E-state index contributed by atoms with van der Waals surface area (Å²) in [7, 11) is 0. The molecule has 0 saturated heterocycles. The van der Waals surface area contributed by atoms with Crippen LogP contribution in [0.4, 0.5) is 4.79 Å². The van der Waals surface area contributed by atoms with Gasteiger partial charge in [-0.2, -0.15) is 0 Å². The second-order valence-corrected chi connectivity index (χ2v) is 2.66. The molecule has 1 fully saturated rings. The van der Waals surface area contributed by atoms with E-state index in [4.69, 9.17) is 6.42 Å². The maximum atomic E-state index is 10.9. The van der Waals surface area contributed by atoms with E-state index in [9.17, 15) is 4.79 Å². The summed E-state index contributed by atoms with van der Waals surface area (Å²) >= 11 is 0. The molecule has 0 aromatic heterocycles. The highest BCUT2D eigenvalue weighted by molar-refractivity contribution is 5.74. The molecule has 0 aliphatic heterocycles. The normalized spacial score (nSPS) is 16.3. The van der Waals surface area contributed by atoms with Gasteiger partial charge in [-0.05, 0) is 19.3 Å². The van der Waals surface area contributed by atoms with Gasteiger partial charge in [0.2, 0.25) is 0 Å². The molecule has 2 amide bonds. The van der Waals surface area contributed by atoms with Gasteiger partial charge < -0.3 is 10.6 Å². The van der Waals surface area contributed by atoms with Crippen LogP contribution in [-0.2, 0) is 0 Å². The lowest BCUT2D eigenvalue weighted by molar-refractivity contribution is 0.229. The van der Waals surface area contributed by atoms with Gasteiger partial charge in [-0.3, -0.25) is 0 Å². The van der Waals surface area contributed by atoms with Crippen LogP contribution in [0.25, 0.3) is 0 Å². The predicted octanol–water partition coefficient (Wildman–Crippen LogP) is 0.471. The smallest absolute Gasteiger partial charge is 0.315 e. The van der Waals surface area contributed by atoms with Gasteiger partial charge in [0.25, 0.3) is 0 Å². The molecule has 0 aromatic carbocycles. The molecular weight excluding hydrogens is 140 g/mol. The predicted molar refractivity (Wildman–Crippen MR) is 43.0 cm³/mol. The molecule has 0 heterocycles. The van der Waals surface area contributed by atoms with Gasteiger partial charge in [-0.1, -0.05) is 5.92 Å². The van der Waals surface area contributed by atoms with Crippen molar-refractivity contribution in [3.05, 3.63) is 0 Å². The topological polar surface area (TPSA) is 41.1 Å². The average Bonchev–Trinajstić information content (AvgIpc) is 1.93. The first-order chi connectivity index (χ1) is 5.33. The molecule has 1 saturated carbocycles. The van der Waals surface area contributed by atoms with E-state index in [1.165, 1.54) is 6.42 Å². The number of nitrogens with one attached hydrogen (secondary N) is 2. The Hall–Kier alpha value is -1.17. The molecular formula is C8H12N2O. The number of carbonyl (C=O) groups excluding carboxylic acids is 1. The number of urea groups is 1. The highest BCUT2D eigenvalue weighted by atomic mass is 16.2. The number of hydrogen-bond acceptors (Lipinski definition) is 1. The van der Waals surface area contributed by atoms with Crippen LogP contribution in [0.5, 0.6) is 0 Å². The van der Waals surface area contributed by atoms with Gasteiger partial charge in [-0.15, -0.1) is 6.42 Å². The van der Waals surface area contributed by atoms with Crippen molar-refractivity contribution in [1.82, 2.24) is 10.6 Å². The maximum Gasteiger partial charge on any atom is 0.315 e. The Morgan fingerprint density at radius 1 is 1.64 bits per heavy atom. The van der Waals surface area contributed by atoms with Crippen LogP contribution in [0, 0.1) is 12.3 Å². The number of rotatable bonds is 2. The minimum atomic E-state index is -0.146. The number of terminal acetylenes is 1. The highest BCUT2D eigenvalue weighted by Gasteiger charge is 2.18. The molecule has 0 aromatic rings. The Morgan fingerprint density at radius 3 is 2.82 bits per heavy atom. The van der Waals surface area contributed by atoms with E-state index in [2.05, 4.69) is 16.6 Å². The molecule has 3 heteroatoms. The second-order valence-electron chi connectivity index (χ2n) is 2.66. The average molecular weight is 152 g/mol. The minimum absolute atomic E-state index is 0.146. The first-order valence-electron chi connectivity index (χ1n) is 3.81. The zero-order chi connectivity index (χ0) is 8.10. The van der Waals surface area contributed by atoms with Crippen molar-refractivity contribution in [3.8, 4) is 12.3 Å². The Labute approximate surface area is 66.5 Å². The summed E-state index contributed by atoms with van der Waals surface area (Å²) in [6.07, 6.45) is 8.39. The minimum Gasteiger partial charge on any atom is -0.335 e. The van der Waals surface area contributed by atoms with Crippen molar-refractivity contribution in [3.63, 3.8) is 0 Å². The van der Waals surface area contributed by atoms with Crippen molar-refractivity contribution in [2.75, 3.05) is 6.54 Å². The fraction of sp³-hybridized carbons (Fsp3) is 0.625. The molecule has 11 heavy (non-hydrogen) atoms. The third kappa shape index (κ3) is 2.50. The van der Waals surface area contributed by atoms with E-state index in [1.54, 1.807) is 0 Å². The highest BCUT2D eigenvalue weighted by Crippen LogP contribution is 2.17. The van der Waals surface area contributed by atoms with Crippen LogP contribution in [0.1, 0.15) is 19.3 Å². The SMILES string of the molecule is C#CCNC(=O)NC1CCC1. The van der Waals surface area contributed by atoms with Crippen LogP contribution in [-0.4, -0.2) is 18.6 Å². The molecule has 0 bridgehead atoms. The number of hydrogen-bond donors (Lipinski definition) is 2. The largest absolute Gasteiger partial charge is 0.335 e. The number of amides is 2. The Kier molecular flexibility index (Phi) is 2.79. The zero-order valence-electron chi connectivity index (χ0n) is 6.39. The van der Waals surface area contributed by atoms with Gasteiger partial charge in [-0.25, -0.2) is 4.79 Å². The lowest BCUT2D eigenvalue weighted by Crippen LogP contribution is -2.45. The van der Waals surface area contributed by atoms with Crippen LogP contribution < -0.4 is 10.6 Å². The molecule has 60 valence electrons. The Balaban J connectivity index is 2.06. The third-order valence-corrected chi connectivity index (χ3v) is 1.79. The van der Waals surface area contributed by atoms with E-state index >= 15 is 0 Å². The maximum absolute atomic E-state index is 10.9. The molecule has 0 radical (unpaired) electrons. The van der Waals surface area contributed by atoms with Crippen molar-refractivity contribution in [1.29, 1.82) is 0 Å². The molecule has 2 N–H and O–H groups in total. The first kappa shape index (κ1) is 7.93. The first-order valence-corrected chi connectivity index (χ1v) is 3.81. The van der Waals surface area contributed by atoms with E-state index in [0.29, 0.717) is 12.6 Å². The summed E-state index contributed by atoms with van der Waals surface area (Å²) in [5, 5.41) is 5.35. The molecule has 0 spiro atoms. The summed E-state index contributed by atoms with van der Waals surface area (Å²) in [4.78, 5) is 10.9. The number of carbonyl (C=O) groups is 1. The summed E-state index contributed by atoms with van der Waals surface area (Å²) in [5.41, 5.74) is 0. The van der Waals surface area contributed by atoms with Gasteiger partial charge >= 0.3 is 6.03 Å². The van der Waals surface area contributed by atoms with E-state index < -0.39 is 0 Å². The third-order valence-electron chi connectivity index (χ3n) is 1.79. The standard InChI is InChI=1S/C8H12N2O/c1-2-6-9-8(11)10-7-4-3-5-7/h1,7H,3-6H2,(H2,9,10,11). The molecule has 1 rings (SSSR count). The fourth-order valence-electron chi connectivity index (χ4n) is 0.920. The summed E-state index contributed by atoms with van der Waals surface area (Å²) in [6, 6.07) is 0.237. The summed E-state index contributed by atoms with van der Waals surface area (Å²) in [5.74, 6) is 2.34. The van der Waals surface area contributed by atoms with E-state index in [-0.39, 0.29) is 6.03 Å². The summed E-state index contributed by atoms with van der Waals surface area (Å²) in [6.45, 7) is 0.304. The van der Waals surface area contributed by atoms with Crippen molar-refractivity contribution < 1.29 is 4.79 Å². The van der Waals surface area contributed by atoms with Crippen molar-refractivity contribution in [2.24, 2.45) is 0 Å². The van der Waals surface area contributed by atoms with Crippen molar-refractivity contribution >= 4 is 6.03 Å². The molecule has 0 atom stereocenters. The van der Waals surface area contributed by atoms with Crippen LogP contribution in [0.2, 0.25) is 0 Å². The van der Waals surface area contributed by atoms with Crippen LogP contribution in [0.3, 0.4) is 0 Å². The van der Waals surface area contributed by atoms with E-state index in [0.717, 1.165) is 12.8 Å². The molecule has 1 aliphatic carbocycles.